The fourth-order valence-electron chi connectivity index (χ4n) is 1.15. The molecule has 4 nitrogen and oxygen atoms in total. The van der Waals surface area contributed by atoms with Crippen molar-refractivity contribution in [3.63, 3.8) is 0 Å². The van der Waals surface area contributed by atoms with Gasteiger partial charge in [0.2, 0.25) is 16.5 Å². The molecule has 0 atom stereocenters. The Hall–Kier alpha value is -0.260. The van der Waals surface area contributed by atoms with Crippen LogP contribution >= 0.6 is 35.0 Å². The highest BCUT2D eigenvalue weighted by atomic mass is 35.5. The van der Waals surface area contributed by atoms with Crippen LogP contribution in [0.15, 0.2) is 0 Å². The zero-order chi connectivity index (χ0) is 11.8. The molecule has 0 saturated carbocycles. The standard InChI is InChI=1S/C9H14Cl2N4S/c1-16-6-4-2-3-5-12-9-14-7(10)13-8(11)15-9/h2-6H2,1H3,(H,12,13,14,15). The van der Waals surface area contributed by atoms with Crippen molar-refractivity contribution >= 4 is 40.9 Å². The lowest BCUT2D eigenvalue weighted by atomic mass is 10.2. The molecule has 16 heavy (non-hydrogen) atoms. The van der Waals surface area contributed by atoms with Crippen LogP contribution in [-0.2, 0) is 0 Å². The van der Waals surface area contributed by atoms with Crippen molar-refractivity contribution in [2.24, 2.45) is 0 Å². The molecular formula is C9H14Cl2N4S. The predicted molar refractivity (Wildman–Crippen MR) is 70.6 cm³/mol. The second-order valence-corrected chi connectivity index (χ2v) is 4.84. The molecule has 0 spiro atoms. The highest BCUT2D eigenvalue weighted by Crippen LogP contribution is 2.09. The molecule has 0 amide bonds. The van der Waals surface area contributed by atoms with Gasteiger partial charge in [0.15, 0.2) is 0 Å². The van der Waals surface area contributed by atoms with Gasteiger partial charge in [-0.25, -0.2) is 0 Å². The molecule has 1 aromatic heterocycles. The lowest BCUT2D eigenvalue weighted by Gasteiger charge is -2.04. The molecule has 0 radical (unpaired) electrons. The fourth-order valence-corrected chi connectivity index (χ4v) is 2.01. The molecule has 0 unspecified atom stereocenters. The summed E-state index contributed by atoms with van der Waals surface area (Å²) in [5.74, 6) is 1.65. The molecular weight excluding hydrogens is 267 g/mol. The summed E-state index contributed by atoms with van der Waals surface area (Å²) < 4.78 is 0. The van der Waals surface area contributed by atoms with Crippen molar-refractivity contribution in [3.8, 4) is 0 Å². The van der Waals surface area contributed by atoms with E-state index in [-0.39, 0.29) is 10.6 Å². The number of hydrogen-bond acceptors (Lipinski definition) is 5. The third-order valence-corrected chi connectivity index (χ3v) is 2.92. The van der Waals surface area contributed by atoms with Gasteiger partial charge in [0, 0.05) is 6.54 Å². The monoisotopic (exact) mass is 280 g/mol. The molecule has 90 valence electrons. The summed E-state index contributed by atoms with van der Waals surface area (Å²) in [4.78, 5) is 11.5. The van der Waals surface area contributed by atoms with E-state index in [1.807, 2.05) is 11.8 Å². The largest absolute Gasteiger partial charge is 0.354 e. The maximum Gasteiger partial charge on any atom is 0.228 e. The van der Waals surface area contributed by atoms with Crippen LogP contribution in [0, 0.1) is 0 Å². The minimum Gasteiger partial charge on any atom is -0.354 e. The Labute approximate surface area is 110 Å². The minimum atomic E-state index is 0.116. The van der Waals surface area contributed by atoms with Gasteiger partial charge < -0.3 is 5.32 Å². The van der Waals surface area contributed by atoms with Gasteiger partial charge in [-0.1, -0.05) is 6.42 Å². The molecule has 0 aliphatic rings. The number of thioether (sulfide) groups is 1. The third-order valence-electron chi connectivity index (χ3n) is 1.89. The number of aromatic nitrogens is 3. The van der Waals surface area contributed by atoms with Crippen LogP contribution in [0.2, 0.25) is 10.6 Å². The summed E-state index contributed by atoms with van der Waals surface area (Å²) in [5, 5.41) is 3.30. The van der Waals surface area contributed by atoms with E-state index in [9.17, 15) is 0 Å². The maximum atomic E-state index is 5.64. The smallest absolute Gasteiger partial charge is 0.228 e. The quantitative estimate of drug-likeness (QED) is 0.778. The van der Waals surface area contributed by atoms with Gasteiger partial charge in [-0.3, -0.25) is 0 Å². The van der Waals surface area contributed by atoms with Gasteiger partial charge in [0.05, 0.1) is 0 Å². The topological polar surface area (TPSA) is 50.7 Å². The van der Waals surface area contributed by atoms with Crippen molar-refractivity contribution in [3.05, 3.63) is 10.6 Å². The Morgan fingerprint density at radius 2 is 1.75 bits per heavy atom. The second-order valence-electron chi connectivity index (χ2n) is 3.18. The van der Waals surface area contributed by atoms with Gasteiger partial charge in [-0.15, -0.1) is 0 Å². The molecule has 1 N–H and O–H groups in total. The number of rotatable bonds is 7. The van der Waals surface area contributed by atoms with Crippen molar-refractivity contribution < 1.29 is 0 Å². The van der Waals surface area contributed by atoms with Gasteiger partial charge in [0.25, 0.3) is 0 Å². The Balaban J connectivity index is 2.21. The summed E-state index contributed by atoms with van der Waals surface area (Å²) in [6.07, 6.45) is 5.64. The van der Waals surface area contributed by atoms with E-state index in [0.717, 1.165) is 13.0 Å². The molecule has 1 rings (SSSR count). The average molecular weight is 281 g/mol. The SMILES string of the molecule is CSCCCCCNc1nc(Cl)nc(Cl)n1. The Morgan fingerprint density at radius 3 is 2.38 bits per heavy atom. The number of hydrogen-bond donors (Lipinski definition) is 1. The van der Waals surface area contributed by atoms with E-state index >= 15 is 0 Å². The van der Waals surface area contributed by atoms with E-state index in [0.29, 0.717) is 5.95 Å². The molecule has 1 heterocycles. The molecule has 0 saturated heterocycles. The maximum absolute atomic E-state index is 5.64. The second kappa shape index (κ2) is 7.92. The lowest BCUT2D eigenvalue weighted by molar-refractivity contribution is 0.745. The molecule has 0 fully saturated rings. The van der Waals surface area contributed by atoms with E-state index in [2.05, 4.69) is 26.5 Å². The van der Waals surface area contributed by atoms with Crippen LogP contribution in [0.3, 0.4) is 0 Å². The number of nitrogens with zero attached hydrogens (tertiary/aromatic N) is 3. The molecule has 0 bridgehead atoms. The summed E-state index contributed by atoms with van der Waals surface area (Å²) in [7, 11) is 0. The highest BCUT2D eigenvalue weighted by molar-refractivity contribution is 7.98. The Morgan fingerprint density at radius 1 is 1.06 bits per heavy atom. The number of anilines is 1. The Bertz CT molecular complexity index is 304. The molecule has 0 aliphatic carbocycles. The Kier molecular flexibility index (Phi) is 6.84. The van der Waals surface area contributed by atoms with Gasteiger partial charge in [0.1, 0.15) is 0 Å². The summed E-state index contributed by atoms with van der Waals surface area (Å²) in [6.45, 7) is 0.824. The zero-order valence-corrected chi connectivity index (χ0v) is 11.4. The average Bonchev–Trinajstić information content (AvgIpc) is 2.22. The van der Waals surface area contributed by atoms with Crippen LogP contribution in [0.1, 0.15) is 19.3 Å². The fraction of sp³-hybridized carbons (Fsp3) is 0.667. The minimum absolute atomic E-state index is 0.116. The first-order valence-electron chi connectivity index (χ1n) is 5.02. The van der Waals surface area contributed by atoms with Gasteiger partial charge >= 0.3 is 0 Å². The lowest BCUT2D eigenvalue weighted by Crippen LogP contribution is -2.06. The summed E-state index contributed by atoms with van der Waals surface area (Å²) >= 11 is 13.2. The van der Waals surface area contributed by atoms with Crippen LogP contribution in [-0.4, -0.2) is 33.5 Å². The number of halogens is 2. The number of unbranched alkanes of at least 4 members (excludes halogenated alkanes) is 2. The molecule has 0 aromatic carbocycles. The van der Waals surface area contributed by atoms with E-state index in [1.165, 1.54) is 18.6 Å². The molecule has 1 aromatic rings. The first kappa shape index (κ1) is 13.8. The predicted octanol–water partition coefficient (Wildman–Crippen LogP) is 3.12. The van der Waals surface area contributed by atoms with Crippen molar-refractivity contribution in [1.29, 1.82) is 0 Å². The van der Waals surface area contributed by atoms with Gasteiger partial charge in [-0.2, -0.15) is 26.7 Å². The third kappa shape index (κ3) is 5.72. The summed E-state index contributed by atoms with van der Waals surface area (Å²) in [5.41, 5.74) is 0. The summed E-state index contributed by atoms with van der Waals surface area (Å²) in [6, 6.07) is 0. The highest BCUT2D eigenvalue weighted by Gasteiger charge is 2.01. The van der Waals surface area contributed by atoms with E-state index in [4.69, 9.17) is 23.2 Å². The molecule has 7 heteroatoms. The van der Waals surface area contributed by atoms with Crippen molar-refractivity contribution in [2.45, 2.75) is 19.3 Å². The zero-order valence-electron chi connectivity index (χ0n) is 9.04. The normalized spacial score (nSPS) is 10.4. The van der Waals surface area contributed by atoms with Crippen molar-refractivity contribution in [1.82, 2.24) is 15.0 Å². The van der Waals surface area contributed by atoms with Crippen LogP contribution in [0.5, 0.6) is 0 Å². The first-order chi connectivity index (χ1) is 7.72. The van der Waals surface area contributed by atoms with Gasteiger partial charge in [-0.05, 0) is 48.1 Å². The van der Waals surface area contributed by atoms with E-state index < -0.39 is 0 Å². The first-order valence-corrected chi connectivity index (χ1v) is 7.17. The van der Waals surface area contributed by atoms with E-state index in [1.54, 1.807) is 0 Å². The van der Waals surface area contributed by atoms with Crippen molar-refractivity contribution in [2.75, 3.05) is 23.9 Å². The van der Waals surface area contributed by atoms with Crippen LogP contribution in [0.25, 0.3) is 0 Å². The number of nitrogens with one attached hydrogen (secondary N) is 1. The van der Waals surface area contributed by atoms with Crippen LogP contribution < -0.4 is 5.32 Å². The molecule has 0 aliphatic heterocycles. The van der Waals surface area contributed by atoms with Crippen LogP contribution in [0.4, 0.5) is 5.95 Å².